The molecule has 36 heavy (non-hydrogen) atoms. The smallest absolute Gasteiger partial charge is 0.232 e. The minimum atomic E-state index is 0.565. The summed E-state index contributed by atoms with van der Waals surface area (Å²) in [5.74, 6) is 2.18. The molecule has 2 aromatic heterocycles. The summed E-state index contributed by atoms with van der Waals surface area (Å²) < 4.78 is 16.3. The molecular formula is C28H24N4O3S. The Balaban J connectivity index is 1.52. The zero-order valence-electron chi connectivity index (χ0n) is 20.1. The van der Waals surface area contributed by atoms with Crippen molar-refractivity contribution < 1.29 is 14.2 Å². The predicted octanol–water partition coefficient (Wildman–Crippen LogP) is 6.76. The minimum Gasteiger partial charge on any atom is -0.497 e. The van der Waals surface area contributed by atoms with E-state index in [1.165, 1.54) is 11.3 Å². The molecule has 8 heteroatoms. The highest BCUT2D eigenvalue weighted by atomic mass is 32.1. The molecule has 0 fully saturated rings. The maximum Gasteiger partial charge on any atom is 0.232 e. The third-order valence-electron chi connectivity index (χ3n) is 5.62. The average Bonchev–Trinajstić information content (AvgIpc) is 3.39. The molecule has 3 aromatic carbocycles. The molecular weight excluding hydrogens is 472 g/mol. The molecule has 5 aromatic rings. The van der Waals surface area contributed by atoms with Gasteiger partial charge in [-0.15, -0.1) is 11.3 Å². The van der Waals surface area contributed by atoms with Gasteiger partial charge in [-0.1, -0.05) is 12.1 Å². The van der Waals surface area contributed by atoms with Gasteiger partial charge in [0.15, 0.2) is 0 Å². The Labute approximate surface area is 213 Å². The topological polar surface area (TPSA) is 69.6 Å². The van der Waals surface area contributed by atoms with Crippen LogP contribution in [0, 0.1) is 0 Å². The lowest BCUT2D eigenvalue weighted by molar-refractivity contribution is 0.402. The normalized spacial score (nSPS) is 10.6. The number of methoxy groups -OCH3 is 3. The van der Waals surface area contributed by atoms with E-state index in [-0.39, 0.29) is 0 Å². The molecule has 0 spiro atoms. The average molecular weight is 497 g/mol. The van der Waals surface area contributed by atoms with Gasteiger partial charge in [-0.05, 0) is 66.2 Å². The van der Waals surface area contributed by atoms with E-state index in [2.05, 4.69) is 44.1 Å². The number of rotatable bonds is 8. The number of nitrogens with zero attached hydrogens (tertiary/aromatic N) is 4. The first kappa shape index (κ1) is 23.3. The third-order valence-corrected chi connectivity index (χ3v) is 6.73. The summed E-state index contributed by atoms with van der Waals surface area (Å²) in [7, 11) is 4.96. The summed E-state index contributed by atoms with van der Waals surface area (Å²) >= 11 is 1.53. The van der Waals surface area contributed by atoms with Crippen LogP contribution in [0.3, 0.4) is 0 Å². The highest BCUT2D eigenvalue weighted by molar-refractivity contribution is 7.18. The fraction of sp³-hybridized carbons (Fsp3) is 0.107. The van der Waals surface area contributed by atoms with Gasteiger partial charge in [0.05, 0.1) is 32.4 Å². The van der Waals surface area contributed by atoms with Crippen LogP contribution in [0.25, 0.3) is 21.1 Å². The van der Waals surface area contributed by atoms with E-state index in [1.807, 2.05) is 48.5 Å². The van der Waals surface area contributed by atoms with Crippen LogP contribution in [0.4, 0.5) is 17.1 Å². The van der Waals surface area contributed by atoms with Crippen molar-refractivity contribution in [2.75, 3.05) is 26.2 Å². The third kappa shape index (κ3) is 4.71. The Morgan fingerprint density at radius 2 is 1.22 bits per heavy atom. The summed E-state index contributed by atoms with van der Waals surface area (Å²) in [6, 6.07) is 24.3. The quantitative estimate of drug-likeness (QED) is 0.235. The monoisotopic (exact) mass is 496 g/mol. The van der Waals surface area contributed by atoms with Gasteiger partial charge in [-0.2, -0.15) is 4.98 Å². The molecule has 5 rings (SSSR count). The van der Waals surface area contributed by atoms with Crippen LogP contribution in [0.5, 0.6) is 17.4 Å². The van der Waals surface area contributed by atoms with Crippen LogP contribution in [0.15, 0.2) is 91.4 Å². The minimum absolute atomic E-state index is 0.565. The molecule has 0 bridgehead atoms. The SMILES string of the molecule is COc1ccc(N(c2ccc(OC)cc2)c2ccc(-c3sc(-c4cnccn4)nc3OC)cc2)cc1. The van der Waals surface area contributed by atoms with Crippen LogP contribution >= 0.6 is 11.3 Å². The standard InChI is InChI=1S/C28H24N4O3S/c1-33-23-12-8-21(9-13-23)32(22-10-14-24(34-2)15-11-22)20-6-4-19(5-7-20)26-27(35-3)31-28(36-26)25-18-29-16-17-30-25/h4-18H,1-3H3. The van der Waals surface area contributed by atoms with Crippen molar-refractivity contribution >= 4 is 28.4 Å². The van der Waals surface area contributed by atoms with E-state index >= 15 is 0 Å². The van der Waals surface area contributed by atoms with Gasteiger partial charge in [0.2, 0.25) is 5.88 Å². The number of hydrogen-bond acceptors (Lipinski definition) is 8. The fourth-order valence-corrected chi connectivity index (χ4v) is 4.82. The highest BCUT2D eigenvalue weighted by Crippen LogP contribution is 2.41. The van der Waals surface area contributed by atoms with Crippen LogP contribution in [0.2, 0.25) is 0 Å². The zero-order valence-corrected chi connectivity index (χ0v) is 20.9. The van der Waals surface area contributed by atoms with Gasteiger partial charge in [0, 0.05) is 29.5 Å². The molecule has 7 nitrogen and oxygen atoms in total. The van der Waals surface area contributed by atoms with Gasteiger partial charge < -0.3 is 19.1 Å². The maximum absolute atomic E-state index is 5.58. The van der Waals surface area contributed by atoms with Crippen molar-refractivity contribution in [2.45, 2.75) is 0 Å². The zero-order chi connectivity index (χ0) is 24.9. The van der Waals surface area contributed by atoms with Crippen LogP contribution in [0.1, 0.15) is 0 Å². The lowest BCUT2D eigenvalue weighted by Gasteiger charge is -2.26. The van der Waals surface area contributed by atoms with E-state index in [0.29, 0.717) is 11.6 Å². The van der Waals surface area contributed by atoms with Crippen molar-refractivity contribution in [3.63, 3.8) is 0 Å². The Bertz CT molecular complexity index is 1370. The number of thiazole rings is 1. The summed E-state index contributed by atoms with van der Waals surface area (Å²) in [5, 5.41) is 0.761. The van der Waals surface area contributed by atoms with E-state index < -0.39 is 0 Å². The Morgan fingerprint density at radius 1 is 0.667 bits per heavy atom. The van der Waals surface area contributed by atoms with Crippen molar-refractivity contribution in [3.8, 4) is 38.5 Å². The van der Waals surface area contributed by atoms with E-state index in [0.717, 1.165) is 44.0 Å². The number of hydrogen-bond donors (Lipinski definition) is 0. The molecule has 0 radical (unpaired) electrons. The van der Waals surface area contributed by atoms with Crippen molar-refractivity contribution in [3.05, 3.63) is 91.4 Å². The van der Waals surface area contributed by atoms with E-state index in [1.54, 1.807) is 39.9 Å². The van der Waals surface area contributed by atoms with Crippen molar-refractivity contribution in [2.24, 2.45) is 0 Å². The summed E-state index contributed by atoms with van der Waals surface area (Å²) in [6.45, 7) is 0. The molecule has 180 valence electrons. The van der Waals surface area contributed by atoms with Gasteiger partial charge >= 0.3 is 0 Å². The second-order valence-electron chi connectivity index (χ2n) is 7.73. The largest absolute Gasteiger partial charge is 0.497 e. The molecule has 0 saturated heterocycles. The molecule has 0 N–H and O–H groups in total. The molecule has 0 saturated carbocycles. The molecule has 2 heterocycles. The number of aromatic nitrogens is 3. The second kappa shape index (κ2) is 10.5. The van der Waals surface area contributed by atoms with Crippen LogP contribution < -0.4 is 19.1 Å². The first-order valence-corrected chi connectivity index (χ1v) is 12.0. The second-order valence-corrected chi connectivity index (χ2v) is 8.73. The molecule has 0 aliphatic rings. The summed E-state index contributed by atoms with van der Waals surface area (Å²) in [5.41, 5.74) is 4.75. The fourth-order valence-electron chi connectivity index (χ4n) is 3.82. The predicted molar refractivity (Wildman–Crippen MR) is 143 cm³/mol. The van der Waals surface area contributed by atoms with Crippen LogP contribution in [-0.2, 0) is 0 Å². The Kier molecular flexibility index (Phi) is 6.77. The highest BCUT2D eigenvalue weighted by Gasteiger charge is 2.18. The van der Waals surface area contributed by atoms with Gasteiger partial charge in [0.1, 0.15) is 22.2 Å². The van der Waals surface area contributed by atoms with Gasteiger partial charge in [-0.3, -0.25) is 9.97 Å². The van der Waals surface area contributed by atoms with E-state index in [9.17, 15) is 0 Å². The van der Waals surface area contributed by atoms with Gasteiger partial charge in [0.25, 0.3) is 0 Å². The first-order chi connectivity index (χ1) is 17.7. The summed E-state index contributed by atoms with van der Waals surface area (Å²) in [4.78, 5) is 16.3. The van der Waals surface area contributed by atoms with E-state index in [4.69, 9.17) is 14.2 Å². The summed E-state index contributed by atoms with van der Waals surface area (Å²) in [6.07, 6.45) is 5.00. The maximum atomic E-state index is 5.58. The molecule has 0 amide bonds. The number of benzene rings is 3. The lowest BCUT2D eigenvalue weighted by atomic mass is 10.1. The Morgan fingerprint density at radius 3 is 1.69 bits per heavy atom. The molecule has 0 aliphatic heterocycles. The lowest BCUT2D eigenvalue weighted by Crippen LogP contribution is -2.09. The van der Waals surface area contributed by atoms with Crippen LogP contribution in [-0.4, -0.2) is 36.3 Å². The number of ether oxygens (including phenoxy) is 3. The van der Waals surface area contributed by atoms with Crippen molar-refractivity contribution in [1.82, 2.24) is 15.0 Å². The molecule has 0 atom stereocenters. The first-order valence-electron chi connectivity index (χ1n) is 11.2. The number of anilines is 3. The van der Waals surface area contributed by atoms with Crippen molar-refractivity contribution in [1.29, 1.82) is 0 Å². The molecule has 0 aliphatic carbocycles. The Hall–Kier alpha value is -4.43. The molecule has 0 unspecified atom stereocenters. The van der Waals surface area contributed by atoms with Gasteiger partial charge in [-0.25, -0.2) is 0 Å².